The summed E-state index contributed by atoms with van der Waals surface area (Å²) in [5, 5.41) is 15.6. The molecule has 1 aliphatic carbocycles. The Balaban J connectivity index is 1.70. The Morgan fingerprint density at radius 2 is 1.71 bits per heavy atom. The lowest BCUT2D eigenvalue weighted by Gasteiger charge is -2.37. The minimum Gasteiger partial charge on any atom is -0.478 e. The Morgan fingerprint density at radius 1 is 1.00 bits per heavy atom. The number of carboxylic acids is 1. The summed E-state index contributed by atoms with van der Waals surface area (Å²) < 4.78 is 6.77. The van der Waals surface area contributed by atoms with Crippen molar-refractivity contribution in [1.29, 1.82) is 0 Å². The average molecular weight is 531 g/mol. The van der Waals surface area contributed by atoms with Crippen LogP contribution in [0.4, 0.5) is 10.5 Å². The van der Waals surface area contributed by atoms with Crippen molar-refractivity contribution in [2.45, 2.75) is 45.1 Å². The molecule has 0 saturated heterocycles. The number of rotatable bonds is 6. The van der Waals surface area contributed by atoms with Gasteiger partial charge in [0.2, 0.25) is 0 Å². The molecule has 1 aliphatic rings. The van der Waals surface area contributed by atoms with Crippen molar-refractivity contribution in [3.63, 3.8) is 0 Å². The predicted octanol–water partition coefficient (Wildman–Crippen LogP) is 7.58. The summed E-state index contributed by atoms with van der Waals surface area (Å²) in [5.41, 5.74) is 2.66. The largest absolute Gasteiger partial charge is 0.478 e. The summed E-state index contributed by atoms with van der Waals surface area (Å²) in [6.45, 7) is 8.29. The van der Waals surface area contributed by atoms with Crippen LogP contribution in [0.15, 0.2) is 90.7 Å². The molecule has 1 unspecified atom stereocenters. The third-order valence-corrected chi connectivity index (χ3v) is 6.70. The second kappa shape index (κ2) is 10.8. The van der Waals surface area contributed by atoms with Gasteiger partial charge in [-0.25, -0.2) is 9.59 Å². The van der Waals surface area contributed by atoms with Gasteiger partial charge in [-0.2, -0.15) is 0 Å². The number of anilines is 1. The lowest BCUT2D eigenvalue weighted by atomic mass is 9.83. The second-order valence-electron chi connectivity index (χ2n) is 10.4. The number of carbonyl (C=O) groups is 2. The summed E-state index contributed by atoms with van der Waals surface area (Å²) in [5.74, 6) is -0.463. The second-order valence-corrected chi connectivity index (χ2v) is 10.8. The van der Waals surface area contributed by atoms with Crippen molar-refractivity contribution >= 4 is 29.3 Å². The molecule has 4 rings (SSSR count). The molecule has 0 bridgehead atoms. The number of urea groups is 1. The number of carbonyl (C=O) groups excluding carboxylic acids is 1. The summed E-state index contributed by atoms with van der Waals surface area (Å²) >= 11 is 6.19. The summed E-state index contributed by atoms with van der Waals surface area (Å²) in [7, 11) is 0. The minimum absolute atomic E-state index is 0.0224. The fraction of sp³-hybridized carbons (Fsp3) is 0.226. The van der Waals surface area contributed by atoms with Gasteiger partial charge in [0.1, 0.15) is 5.75 Å². The van der Waals surface area contributed by atoms with Gasteiger partial charge in [-0.3, -0.25) is 0 Å². The number of aromatic carboxylic acids is 1. The molecule has 1 atom stereocenters. The van der Waals surface area contributed by atoms with Gasteiger partial charge < -0.3 is 20.5 Å². The van der Waals surface area contributed by atoms with Gasteiger partial charge in [-0.1, -0.05) is 80.4 Å². The van der Waals surface area contributed by atoms with E-state index in [9.17, 15) is 14.7 Å². The van der Waals surface area contributed by atoms with Crippen LogP contribution in [-0.2, 0) is 11.0 Å². The molecule has 3 aromatic rings. The summed E-state index contributed by atoms with van der Waals surface area (Å²) in [4.78, 5) is 24.7. The highest BCUT2D eigenvalue weighted by atomic mass is 35.5. The predicted molar refractivity (Wildman–Crippen MR) is 151 cm³/mol. The number of hydrogen-bond donors (Lipinski definition) is 3. The van der Waals surface area contributed by atoms with Crippen LogP contribution in [0.1, 0.15) is 54.2 Å². The molecule has 6 nitrogen and oxygen atoms in total. The van der Waals surface area contributed by atoms with Crippen molar-refractivity contribution < 1.29 is 19.4 Å². The number of aryl methyl sites for hydroxylation is 1. The van der Waals surface area contributed by atoms with Crippen molar-refractivity contribution in [3.8, 4) is 5.75 Å². The van der Waals surface area contributed by atoms with E-state index in [-0.39, 0.29) is 28.5 Å². The SMILES string of the molecule is Cc1ccc(NC(=O)NC2=CC=CC(Oc3ccccc3C(C)(C)C)(c3ccc(Cl)c(C(=O)O)c3)C2)cc1. The van der Waals surface area contributed by atoms with Crippen LogP contribution in [0.5, 0.6) is 5.75 Å². The van der Waals surface area contributed by atoms with Gasteiger partial charge in [0, 0.05) is 23.4 Å². The Hall–Kier alpha value is -4.03. The number of ether oxygens (including phenoxy) is 1. The average Bonchev–Trinajstić information content (AvgIpc) is 2.85. The van der Waals surface area contributed by atoms with E-state index in [1.54, 1.807) is 24.3 Å². The zero-order chi connectivity index (χ0) is 27.5. The number of halogens is 1. The molecule has 0 saturated carbocycles. The van der Waals surface area contributed by atoms with Crippen LogP contribution in [0, 0.1) is 6.92 Å². The van der Waals surface area contributed by atoms with E-state index in [0.717, 1.165) is 11.1 Å². The molecule has 0 fully saturated rings. The number of nitrogens with one attached hydrogen (secondary N) is 2. The van der Waals surface area contributed by atoms with Crippen LogP contribution in [-0.4, -0.2) is 17.1 Å². The van der Waals surface area contributed by atoms with Gasteiger partial charge in [-0.05, 0) is 60.4 Å². The lowest BCUT2D eigenvalue weighted by Crippen LogP contribution is -2.38. The van der Waals surface area contributed by atoms with Crippen LogP contribution in [0.25, 0.3) is 0 Å². The summed E-state index contributed by atoms with van der Waals surface area (Å²) in [6.07, 6.45) is 5.74. The molecular weight excluding hydrogens is 500 g/mol. The standard InChI is InChI=1S/C31H31ClN2O4/c1-20-11-14-22(15-12-20)33-29(37)34-23-8-7-17-31(19-23,21-13-16-26(32)24(18-21)28(35)36)38-27-10-6-5-9-25(27)30(2,3)4/h5-18H,19H2,1-4H3,(H,35,36)(H2,33,34,37). The summed E-state index contributed by atoms with van der Waals surface area (Å²) in [6, 6.07) is 19.8. The van der Waals surface area contributed by atoms with E-state index in [4.69, 9.17) is 16.3 Å². The molecule has 38 heavy (non-hydrogen) atoms. The molecule has 196 valence electrons. The zero-order valence-corrected chi connectivity index (χ0v) is 22.6. The van der Waals surface area contributed by atoms with E-state index >= 15 is 0 Å². The quantitative estimate of drug-likeness (QED) is 0.306. The third kappa shape index (κ3) is 6.09. The molecule has 0 aromatic heterocycles. The van der Waals surface area contributed by atoms with Crippen LogP contribution >= 0.6 is 11.6 Å². The van der Waals surface area contributed by atoms with Crippen LogP contribution in [0.2, 0.25) is 5.02 Å². The Morgan fingerprint density at radius 3 is 2.39 bits per heavy atom. The first-order chi connectivity index (χ1) is 18.0. The van der Waals surface area contributed by atoms with Crippen molar-refractivity contribution in [1.82, 2.24) is 5.32 Å². The first-order valence-corrected chi connectivity index (χ1v) is 12.7. The number of benzene rings is 3. The molecule has 3 N–H and O–H groups in total. The molecule has 2 amide bonds. The maximum absolute atomic E-state index is 12.8. The smallest absolute Gasteiger partial charge is 0.337 e. The number of hydrogen-bond acceptors (Lipinski definition) is 3. The molecule has 0 spiro atoms. The Bertz CT molecular complexity index is 1420. The van der Waals surface area contributed by atoms with Gasteiger partial charge in [0.05, 0.1) is 10.6 Å². The Labute approximate surface area is 228 Å². The number of para-hydroxylation sites is 1. The van der Waals surface area contributed by atoms with E-state index in [1.807, 2.05) is 61.5 Å². The fourth-order valence-corrected chi connectivity index (χ4v) is 4.60. The minimum atomic E-state index is -1.13. The van der Waals surface area contributed by atoms with E-state index in [1.165, 1.54) is 6.07 Å². The van der Waals surface area contributed by atoms with Gasteiger partial charge >= 0.3 is 12.0 Å². The van der Waals surface area contributed by atoms with Crippen molar-refractivity contribution in [2.75, 3.05) is 5.32 Å². The topological polar surface area (TPSA) is 87.7 Å². The first-order valence-electron chi connectivity index (χ1n) is 12.3. The van der Waals surface area contributed by atoms with E-state index in [2.05, 4.69) is 31.4 Å². The Kier molecular flexibility index (Phi) is 7.65. The van der Waals surface area contributed by atoms with Crippen molar-refractivity contribution in [2.24, 2.45) is 0 Å². The molecular formula is C31H31ClN2O4. The molecule has 7 heteroatoms. The number of allylic oxidation sites excluding steroid dienone is 2. The van der Waals surface area contributed by atoms with Gasteiger partial charge in [0.25, 0.3) is 0 Å². The fourth-order valence-electron chi connectivity index (χ4n) is 4.40. The van der Waals surface area contributed by atoms with Crippen molar-refractivity contribution in [3.05, 3.63) is 118 Å². The zero-order valence-electron chi connectivity index (χ0n) is 21.8. The first kappa shape index (κ1) is 27.0. The number of amides is 2. The highest BCUT2D eigenvalue weighted by Gasteiger charge is 2.37. The third-order valence-electron chi connectivity index (χ3n) is 6.37. The molecule has 0 aliphatic heterocycles. The lowest BCUT2D eigenvalue weighted by molar-refractivity contribution is 0.0696. The molecule has 0 heterocycles. The maximum atomic E-state index is 12.8. The van der Waals surface area contributed by atoms with E-state index in [0.29, 0.717) is 22.7 Å². The van der Waals surface area contributed by atoms with Gasteiger partial charge in [-0.15, -0.1) is 0 Å². The van der Waals surface area contributed by atoms with Crippen LogP contribution < -0.4 is 15.4 Å². The van der Waals surface area contributed by atoms with E-state index < -0.39 is 11.6 Å². The molecule has 0 radical (unpaired) electrons. The maximum Gasteiger partial charge on any atom is 0.337 e. The molecule has 3 aromatic carbocycles. The normalized spacial score (nSPS) is 16.9. The van der Waals surface area contributed by atoms with Gasteiger partial charge in [0.15, 0.2) is 5.60 Å². The highest BCUT2D eigenvalue weighted by molar-refractivity contribution is 6.33. The monoisotopic (exact) mass is 530 g/mol. The number of carboxylic acid groups (broad SMARTS) is 1. The highest BCUT2D eigenvalue weighted by Crippen LogP contribution is 2.42. The van der Waals surface area contributed by atoms with Crippen LogP contribution in [0.3, 0.4) is 0 Å².